The van der Waals surface area contributed by atoms with Crippen molar-refractivity contribution in [3.63, 3.8) is 0 Å². The molecule has 0 aliphatic heterocycles. The lowest BCUT2D eigenvalue weighted by Crippen LogP contribution is -2.30. The van der Waals surface area contributed by atoms with Crippen LogP contribution in [-0.2, 0) is 11.3 Å². The average molecular weight is 304 g/mol. The molecule has 0 fully saturated rings. The molecule has 0 unspecified atom stereocenters. The van der Waals surface area contributed by atoms with Crippen LogP contribution in [0.2, 0.25) is 0 Å². The van der Waals surface area contributed by atoms with Gasteiger partial charge in [-0.15, -0.1) is 0 Å². The molecule has 0 saturated heterocycles. The zero-order valence-corrected chi connectivity index (χ0v) is 12.3. The van der Waals surface area contributed by atoms with E-state index in [-0.39, 0.29) is 24.0 Å². The van der Waals surface area contributed by atoms with E-state index in [0.29, 0.717) is 12.3 Å². The van der Waals surface area contributed by atoms with Crippen molar-refractivity contribution < 1.29 is 18.9 Å². The zero-order chi connectivity index (χ0) is 16.1. The molecular weight excluding hydrogens is 288 g/mol. The number of nitro benzene ring substituents is 1. The number of ether oxygens (including phenoxy) is 1. The summed E-state index contributed by atoms with van der Waals surface area (Å²) in [5, 5.41) is 10.9. The normalized spacial score (nSPS) is 10.3. The molecule has 2 rings (SSSR count). The minimum absolute atomic E-state index is 0.0723. The molecule has 2 aromatic rings. The highest BCUT2D eigenvalue weighted by molar-refractivity contribution is 5.77. The Hall–Kier alpha value is -2.83. The van der Waals surface area contributed by atoms with E-state index in [9.17, 15) is 14.9 Å². The van der Waals surface area contributed by atoms with E-state index in [2.05, 4.69) is 0 Å². The van der Waals surface area contributed by atoms with Crippen LogP contribution in [-0.4, -0.2) is 29.4 Å². The SMILES string of the molecule is Cc1ccc(CN(C)C(=O)COc2ccccc2[N+](=O)[O-])o1. The van der Waals surface area contributed by atoms with E-state index in [1.165, 1.54) is 23.1 Å². The molecule has 116 valence electrons. The molecule has 7 heteroatoms. The highest BCUT2D eigenvalue weighted by Gasteiger charge is 2.17. The van der Waals surface area contributed by atoms with E-state index in [1.54, 1.807) is 19.2 Å². The lowest BCUT2D eigenvalue weighted by molar-refractivity contribution is -0.385. The van der Waals surface area contributed by atoms with Crippen LogP contribution in [0.3, 0.4) is 0 Å². The van der Waals surface area contributed by atoms with Gasteiger partial charge in [0.25, 0.3) is 5.91 Å². The topological polar surface area (TPSA) is 85.8 Å². The van der Waals surface area contributed by atoms with Crippen LogP contribution in [0.4, 0.5) is 5.69 Å². The van der Waals surface area contributed by atoms with Crippen molar-refractivity contribution >= 4 is 11.6 Å². The number of carbonyl (C=O) groups excluding carboxylic acids is 1. The van der Waals surface area contributed by atoms with Crippen LogP contribution in [0.25, 0.3) is 0 Å². The summed E-state index contributed by atoms with van der Waals surface area (Å²) in [6.07, 6.45) is 0. The van der Waals surface area contributed by atoms with Gasteiger partial charge in [-0.25, -0.2) is 0 Å². The average Bonchev–Trinajstić information content (AvgIpc) is 2.90. The molecule has 0 bridgehead atoms. The van der Waals surface area contributed by atoms with Gasteiger partial charge in [0.15, 0.2) is 12.4 Å². The number of benzene rings is 1. The number of nitro groups is 1. The summed E-state index contributed by atoms with van der Waals surface area (Å²) in [5.41, 5.74) is -0.167. The molecule has 1 heterocycles. The molecule has 0 N–H and O–H groups in total. The molecule has 0 saturated carbocycles. The third kappa shape index (κ3) is 3.85. The maximum atomic E-state index is 12.0. The second-order valence-corrected chi connectivity index (χ2v) is 4.78. The largest absolute Gasteiger partial charge is 0.477 e. The highest BCUT2D eigenvalue weighted by Crippen LogP contribution is 2.25. The first-order valence-electron chi connectivity index (χ1n) is 6.63. The number of aryl methyl sites for hydroxylation is 1. The van der Waals surface area contributed by atoms with E-state index in [4.69, 9.17) is 9.15 Å². The summed E-state index contributed by atoms with van der Waals surface area (Å²) >= 11 is 0. The molecule has 0 aliphatic rings. The van der Waals surface area contributed by atoms with Gasteiger partial charge in [0.2, 0.25) is 0 Å². The summed E-state index contributed by atoms with van der Waals surface area (Å²) < 4.78 is 10.7. The van der Waals surface area contributed by atoms with Gasteiger partial charge in [0, 0.05) is 13.1 Å². The smallest absolute Gasteiger partial charge is 0.310 e. The van der Waals surface area contributed by atoms with Crippen molar-refractivity contribution in [3.8, 4) is 5.75 Å². The van der Waals surface area contributed by atoms with Gasteiger partial charge in [0.05, 0.1) is 11.5 Å². The van der Waals surface area contributed by atoms with E-state index in [1.807, 2.05) is 13.0 Å². The summed E-state index contributed by atoms with van der Waals surface area (Å²) in [5.74, 6) is 1.21. The van der Waals surface area contributed by atoms with Crippen LogP contribution in [0.15, 0.2) is 40.8 Å². The first kappa shape index (κ1) is 15.6. The highest BCUT2D eigenvalue weighted by atomic mass is 16.6. The van der Waals surface area contributed by atoms with Crippen LogP contribution in [0.1, 0.15) is 11.5 Å². The Kier molecular flexibility index (Phi) is 4.77. The summed E-state index contributed by atoms with van der Waals surface area (Å²) in [6.45, 7) is 1.86. The van der Waals surface area contributed by atoms with Gasteiger partial charge >= 0.3 is 5.69 Å². The number of amides is 1. The van der Waals surface area contributed by atoms with Gasteiger partial charge in [-0.2, -0.15) is 0 Å². The van der Waals surface area contributed by atoms with Gasteiger partial charge in [-0.3, -0.25) is 14.9 Å². The lowest BCUT2D eigenvalue weighted by Gasteiger charge is -2.16. The fraction of sp³-hybridized carbons (Fsp3) is 0.267. The maximum Gasteiger partial charge on any atom is 0.310 e. The monoisotopic (exact) mass is 304 g/mol. The number of nitrogens with zero attached hydrogens (tertiary/aromatic N) is 2. The summed E-state index contributed by atoms with van der Waals surface area (Å²) in [6, 6.07) is 9.55. The minimum Gasteiger partial charge on any atom is -0.477 e. The fourth-order valence-electron chi connectivity index (χ4n) is 1.87. The molecule has 1 aromatic heterocycles. The number of likely N-dealkylation sites (N-methyl/N-ethyl adjacent to an activating group) is 1. The predicted molar refractivity (Wildman–Crippen MR) is 78.5 cm³/mol. The Labute approximate surface area is 127 Å². The Balaban J connectivity index is 1.93. The lowest BCUT2D eigenvalue weighted by atomic mass is 10.3. The zero-order valence-electron chi connectivity index (χ0n) is 12.3. The van der Waals surface area contributed by atoms with Crippen LogP contribution < -0.4 is 4.74 Å². The van der Waals surface area contributed by atoms with Crippen molar-refractivity contribution in [2.45, 2.75) is 13.5 Å². The Bertz CT molecular complexity index is 680. The number of carbonyl (C=O) groups is 1. The molecule has 0 radical (unpaired) electrons. The summed E-state index contributed by atoms with van der Waals surface area (Å²) in [4.78, 5) is 23.8. The molecule has 1 amide bonds. The maximum absolute atomic E-state index is 12.0. The van der Waals surface area contributed by atoms with E-state index in [0.717, 1.165) is 5.76 Å². The number of furan rings is 1. The molecule has 0 spiro atoms. The minimum atomic E-state index is -0.546. The van der Waals surface area contributed by atoms with E-state index >= 15 is 0 Å². The Morgan fingerprint density at radius 2 is 2.05 bits per heavy atom. The second kappa shape index (κ2) is 6.75. The third-order valence-electron chi connectivity index (χ3n) is 3.03. The fourth-order valence-corrected chi connectivity index (χ4v) is 1.87. The van der Waals surface area contributed by atoms with Gasteiger partial charge < -0.3 is 14.1 Å². The Morgan fingerprint density at radius 1 is 1.32 bits per heavy atom. The molecule has 0 aliphatic carbocycles. The van der Waals surface area contributed by atoms with Gasteiger partial charge in [0.1, 0.15) is 11.5 Å². The summed E-state index contributed by atoms with van der Waals surface area (Å²) in [7, 11) is 1.61. The van der Waals surface area contributed by atoms with Crippen molar-refractivity contribution in [3.05, 3.63) is 58.0 Å². The van der Waals surface area contributed by atoms with Gasteiger partial charge in [-0.1, -0.05) is 12.1 Å². The number of rotatable bonds is 6. The standard InChI is InChI=1S/C15H16N2O5/c1-11-7-8-12(22-11)9-16(2)15(18)10-21-14-6-4-3-5-13(14)17(19)20/h3-8H,9-10H2,1-2H3. The van der Waals surface area contributed by atoms with Gasteiger partial charge in [-0.05, 0) is 25.1 Å². The predicted octanol–water partition coefficient (Wildman–Crippen LogP) is 2.53. The molecule has 22 heavy (non-hydrogen) atoms. The number of hydrogen-bond donors (Lipinski definition) is 0. The molecular formula is C15H16N2O5. The molecule has 1 aromatic carbocycles. The first-order valence-corrected chi connectivity index (χ1v) is 6.63. The first-order chi connectivity index (χ1) is 10.5. The van der Waals surface area contributed by atoms with Crippen LogP contribution in [0.5, 0.6) is 5.75 Å². The van der Waals surface area contributed by atoms with Crippen molar-refractivity contribution in [1.29, 1.82) is 0 Å². The number of hydrogen-bond acceptors (Lipinski definition) is 5. The van der Waals surface area contributed by atoms with Crippen molar-refractivity contribution in [1.82, 2.24) is 4.90 Å². The second-order valence-electron chi connectivity index (χ2n) is 4.78. The molecule has 0 atom stereocenters. The van der Waals surface area contributed by atoms with Crippen molar-refractivity contribution in [2.24, 2.45) is 0 Å². The molecule has 7 nitrogen and oxygen atoms in total. The van der Waals surface area contributed by atoms with E-state index < -0.39 is 4.92 Å². The van der Waals surface area contributed by atoms with Crippen LogP contribution >= 0.6 is 0 Å². The third-order valence-corrected chi connectivity index (χ3v) is 3.03. The van der Waals surface area contributed by atoms with Crippen molar-refractivity contribution in [2.75, 3.05) is 13.7 Å². The number of para-hydroxylation sites is 2. The van der Waals surface area contributed by atoms with Crippen LogP contribution in [0, 0.1) is 17.0 Å². The Morgan fingerprint density at radius 3 is 2.68 bits per heavy atom. The quantitative estimate of drug-likeness (QED) is 0.604.